The second-order valence-corrected chi connectivity index (χ2v) is 7.31. The van der Waals surface area contributed by atoms with Gasteiger partial charge in [-0.2, -0.15) is 0 Å². The first-order valence-electron chi connectivity index (χ1n) is 8.06. The van der Waals surface area contributed by atoms with Crippen LogP contribution in [-0.4, -0.2) is 30.6 Å². The zero-order valence-electron chi connectivity index (χ0n) is 12.6. The Morgan fingerprint density at radius 1 is 1.19 bits per heavy atom. The Hall–Kier alpha value is -0.280. The molecular weight excluding hydrogens is 303 g/mol. The maximum absolute atomic E-state index is 6.42. The summed E-state index contributed by atoms with van der Waals surface area (Å²) in [6, 6.07) is 7.03. The van der Waals surface area contributed by atoms with Gasteiger partial charge >= 0.3 is 0 Å². The molecule has 2 nitrogen and oxygen atoms in total. The lowest BCUT2D eigenvalue weighted by Crippen LogP contribution is -2.38. The SMILES string of the molecule is CC(c1ccc(Cl)cc1Cl)N(CC1CCNCC1)C1CC1. The predicted octanol–water partition coefficient (Wildman–Crippen LogP) is 4.52. The Balaban J connectivity index is 1.73. The molecule has 116 valence electrons. The first-order valence-corrected chi connectivity index (χ1v) is 8.82. The number of nitrogens with zero attached hydrogens (tertiary/aromatic N) is 1. The predicted molar refractivity (Wildman–Crippen MR) is 90.2 cm³/mol. The number of hydrogen-bond acceptors (Lipinski definition) is 2. The van der Waals surface area contributed by atoms with E-state index < -0.39 is 0 Å². The highest BCUT2D eigenvalue weighted by molar-refractivity contribution is 6.35. The van der Waals surface area contributed by atoms with E-state index in [1.807, 2.05) is 12.1 Å². The quantitative estimate of drug-likeness (QED) is 0.855. The molecule has 2 aliphatic rings. The van der Waals surface area contributed by atoms with E-state index in [0.717, 1.165) is 17.0 Å². The van der Waals surface area contributed by atoms with Crippen LogP contribution in [0.5, 0.6) is 0 Å². The van der Waals surface area contributed by atoms with Crippen molar-refractivity contribution in [1.82, 2.24) is 10.2 Å². The van der Waals surface area contributed by atoms with E-state index in [0.29, 0.717) is 11.1 Å². The molecule has 1 aliphatic carbocycles. The Bertz CT molecular complexity index is 482. The highest BCUT2D eigenvalue weighted by atomic mass is 35.5. The van der Waals surface area contributed by atoms with Crippen molar-refractivity contribution in [3.05, 3.63) is 33.8 Å². The minimum atomic E-state index is 0.372. The van der Waals surface area contributed by atoms with Gasteiger partial charge in [0.2, 0.25) is 0 Å². The van der Waals surface area contributed by atoms with E-state index >= 15 is 0 Å². The molecule has 1 aliphatic heterocycles. The number of piperidine rings is 1. The molecule has 1 aromatic rings. The average molecular weight is 327 g/mol. The van der Waals surface area contributed by atoms with Gasteiger partial charge in [0.1, 0.15) is 0 Å². The van der Waals surface area contributed by atoms with Gasteiger partial charge in [-0.05, 0) is 69.3 Å². The summed E-state index contributed by atoms with van der Waals surface area (Å²) in [5.41, 5.74) is 1.21. The standard InChI is InChI=1S/C17H24Cl2N2/c1-12(16-5-2-14(18)10-17(16)19)21(15-3-4-15)11-13-6-8-20-9-7-13/h2,5,10,12-13,15,20H,3-4,6-9,11H2,1H3. The summed E-state index contributed by atoms with van der Waals surface area (Å²) < 4.78 is 0. The molecule has 1 N–H and O–H groups in total. The Morgan fingerprint density at radius 3 is 2.52 bits per heavy atom. The van der Waals surface area contributed by atoms with Crippen LogP contribution in [0.25, 0.3) is 0 Å². The van der Waals surface area contributed by atoms with Crippen molar-refractivity contribution in [2.75, 3.05) is 19.6 Å². The third-order valence-corrected chi connectivity index (χ3v) is 5.42. The van der Waals surface area contributed by atoms with Crippen molar-refractivity contribution in [1.29, 1.82) is 0 Å². The van der Waals surface area contributed by atoms with Gasteiger partial charge in [0.25, 0.3) is 0 Å². The van der Waals surface area contributed by atoms with Crippen molar-refractivity contribution < 1.29 is 0 Å². The summed E-state index contributed by atoms with van der Waals surface area (Å²) in [4.78, 5) is 2.67. The largest absolute Gasteiger partial charge is 0.317 e. The molecule has 1 unspecified atom stereocenters. The van der Waals surface area contributed by atoms with Crippen molar-refractivity contribution in [2.45, 2.75) is 44.7 Å². The van der Waals surface area contributed by atoms with E-state index in [1.54, 1.807) is 0 Å². The van der Waals surface area contributed by atoms with Crippen molar-refractivity contribution >= 4 is 23.2 Å². The average Bonchev–Trinajstić information content (AvgIpc) is 3.30. The van der Waals surface area contributed by atoms with Crippen LogP contribution in [0, 0.1) is 5.92 Å². The van der Waals surface area contributed by atoms with Crippen LogP contribution >= 0.6 is 23.2 Å². The van der Waals surface area contributed by atoms with Crippen LogP contribution in [0.1, 0.15) is 44.2 Å². The molecule has 0 spiro atoms. The maximum Gasteiger partial charge on any atom is 0.0468 e. The normalized spacial score (nSPS) is 21.7. The van der Waals surface area contributed by atoms with Crippen molar-refractivity contribution in [2.24, 2.45) is 5.92 Å². The number of rotatable bonds is 5. The highest BCUT2D eigenvalue weighted by Gasteiger charge is 2.34. The van der Waals surface area contributed by atoms with Crippen LogP contribution in [0.3, 0.4) is 0 Å². The van der Waals surface area contributed by atoms with E-state index in [9.17, 15) is 0 Å². The van der Waals surface area contributed by atoms with Gasteiger partial charge in [-0.25, -0.2) is 0 Å². The maximum atomic E-state index is 6.42. The third kappa shape index (κ3) is 3.92. The van der Waals surface area contributed by atoms with Gasteiger partial charge in [0, 0.05) is 28.7 Å². The van der Waals surface area contributed by atoms with E-state index in [1.165, 1.54) is 50.9 Å². The molecule has 2 fully saturated rings. The molecule has 4 heteroatoms. The smallest absolute Gasteiger partial charge is 0.0468 e. The van der Waals surface area contributed by atoms with Gasteiger partial charge < -0.3 is 5.32 Å². The molecule has 1 aromatic carbocycles. The fourth-order valence-corrected chi connectivity index (χ4v) is 3.98. The monoisotopic (exact) mass is 326 g/mol. The minimum absolute atomic E-state index is 0.372. The Morgan fingerprint density at radius 2 is 1.90 bits per heavy atom. The highest BCUT2D eigenvalue weighted by Crippen LogP contribution is 2.38. The number of halogens is 2. The molecule has 3 rings (SSSR count). The Labute approximate surface area is 137 Å². The van der Waals surface area contributed by atoms with E-state index in [-0.39, 0.29) is 0 Å². The zero-order chi connectivity index (χ0) is 14.8. The topological polar surface area (TPSA) is 15.3 Å². The van der Waals surface area contributed by atoms with E-state index in [2.05, 4.69) is 23.2 Å². The lowest BCUT2D eigenvalue weighted by atomic mass is 9.96. The molecule has 0 radical (unpaired) electrons. The number of benzene rings is 1. The molecule has 21 heavy (non-hydrogen) atoms. The molecule has 0 aromatic heterocycles. The lowest BCUT2D eigenvalue weighted by molar-refractivity contribution is 0.152. The van der Waals surface area contributed by atoms with Crippen molar-refractivity contribution in [3.8, 4) is 0 Å². The van der Waals surface area contributed by atoms with Crippen molar-refractivity contribution in [3.63, 3.8) is 0 Å². The van der Waals surface area contributed by atoms with E-state index in [4.69, 9.17) is 23.2 Å². The summed E-state index contributed by atoms with van der Waals surface area (Å²) in [5, 5.41) is 4.97. The molecule has 0 bridgehead atoms. The Kier molecular flexibility index (Phi) is 5.11. The first-order chi connectivity index (χ1) is 10.1. The van der Waals surface area contributed by atoms with Crippen LogP contribution < -0.4 is 5.32 Å². The summed E-state index contributed by atoms with van der Waals surface area (Å²) in [6.07, 6.45) is 5.26. The third-order valence-electron chi connectivity index (χ3n) is 4.85. The fourth-order valence-electron chi connectivity index (χ4n) is 3.41. The summed E-state index contributed by atoms with van der Waals surface area (Å²) in [7, 11) is 0. The van der Waals surface area contributed by atoms with Crippen LogP contribution in [0.4, 0.5) is 0 Å². The van der Waals surface area contributed by atoms with Crippen LogP contribution in [-0.2, 0) is 0 Å². The number of nitrogens with one attached hydrogen (secondary N) is 1. The van der Waals surface area contributed by atoms with Gasteiger partial charge in [-0.15, -0.1) is 0 Å². The van der Waals surface area contributed by atoms with Gasteiger partial charge in [0.15, 0.2) is 0 Å². The zero-order valence-corrected chi connectivity index (χ0v) is 14.1. The van der Waals surface area contributed by atoms with Gasteiger partial charge in [0.05, 0.1) is 0 Å². The second kappa shape index (κ2) is 6.87. The first kappa shape index (κ1) is 15.6. The molecule has 0 amide bonds. The molecule has 1 saturated heterocycles. The van der Waals surface area contributed by atoms with Crippen LogP contribution in [0.2, 0.25) is 10.0 Å². The number of hydrogen-bond donors (Lipinski definition) is 1. The van der Waals surface area contributed by atoms with Gasteiger partial charge in [-0.3, -0.25) is 4.90 Å². The summed E-state index contributed by atoms with van der Waals surface area (Å²) in [5.74, 6) is 0.820. The summed E-state index contributed by atoms with van der Waals surface area (Å²) >= 11 is 12.4. The second-order valence-electron chi connectivity index (χ2n) is 6.46. The molecule has 1 heterocycles. The summed E-state index contributed by atoms with van der Waals surface area (Å²) in [6.45, 7) is 5.82. The minimum Gasteiger partial charge on any atom is -0.317 e. The lowest BCUT2D eigenvalue weighted by Gasteiger charge is -2.35. The molecule has 1 saturated carbocycles. The van der Waals surface area contributed by atoms with Crippen LogP contribution in [0.15, 0.2) is 18.2 Å². The molecule has 1 atom stereocenters. The fraction of sp³-hybridized carbons (Fsp3) is 0.647. The van der Waals surface area contributed by atoms with Gasteiger partial charge in [-0.1, -0.05) is 29.3 Å². The molecular formula is C17H24Cl2N2.